The molecule has 17 heavy (non-hydrogen) atoms. The molecular weight excluding hydrogens is 220 g/mol. The quantitative estimate of drug-likeness (QED) is 0.526. The van der Waals surface area contributed by atoms with E-state index >= 15 is 0 Å². The number of aromatic nitrogens is 4. The molecule has 0 aromatic carbocycles. The van der Waals surface area contributed by atoms with E-state index in [0.29, 0.717) is 18.7 Å². The maximum atomic E-state index is 5.43. The van der Waals surface area contributed by atoms with Gasteiger partial charge in [0.1, 0.15) is 0 Å². The number of nitrogens with zero attached hydrogens (tertiary/aromatic N) is 4. The van der Waals surface area contributed by atoms with Crippen molar-refractivity contribution in [3.63, 3.8) is 0 Å². The molecule has 0 unspecified atom stereocenters. The van der Waals surface area contributed by atoms with Gasteiger partial charge in [0.2, 0.25) is 0 Å². The van der Waals surface area contributed by atoms with E-state index in [1.165, 1.54) is 19.2 Å². The Hall–Kier alpha value is -1.05. The second-order valence-electron chi connectivity index (χ2n) is 4.44. The highest BCUT2D eigenvalue weighted by Gasteiger charge is 2.16. The predicted molar refractivity (Wildman–Crippen MR) is 62.0 cm³/mol. The Morgan fingerprint density at radius 1 is 1.53 bits per heavy atom. The van der Waals surface area contributed by atoms with Crippen LogP contribution in [0.4, 0.5) is 0 Å². The van der Waals surface area contributed by atoms with Crippen molar-refractivity contribution < 1.29 is 4.84 Å². The predicted octanol–water partition coefficient (Wildman–Crippen LogP) is -0.275. The molecule has 0 spiro atoms. The van der Waals surface area contributed by atoms with E-state index in [2.05, 4.69) is 33.1 Å². The van der Waals surface area contributed by atoms with Gasteiger partial charge in [-0.15, -0.1) is 10.2 Å². The molecule has 2 N–H and O–H groups in total. The highest BCUT2D eigenvalue weighted by molar-refractivity contribution is 4.77. The van der Waals surface area contributed by atoms with Crippen LogP contribution in [0.2, 0.25) is 0 Å². The number of rotatable bonds is 6. The van der Waals surface area contributed by atoms with Gasteiger partial charge in [-0.2, -0.15) is 10.3 Å². The number of nitrogens with one attached hydrogen (secondary N) is 2. The van der Waals surface area contributed by atoms with Gasteiger partial charge in [-0.25, -0.2) is 0 Å². The van der Waals surface area contributed by atoms with Gasteiger partial charge in [-0.05, 0) is 31.4 Å². The van der Waals surface area contributed by atoms with Gasteiger partial charge in [0.15, 0.2) is 6.33 Å². The molecule has 1 fully saturated rings. The van der Waals surface area contributed by atoms with E-state index in [-0.39, 0.29) is 0 Å². The Bertz CT molecular complexity index is 296. The summed E-state index contributed by atoms with van der Waals surface area (Å²) in [6.07, 6.45) is 4.68. The van der Waals surface area contributed by atoms with Gasteiger partial charge in [0.05, 0.1) is 13.2 Å². The number of hydroxylamine groups is 1. The largest absolute Gasteiger partial charge is 0.313 e. The molecule has 1 aliphatic heterocycles. The number of hydrogen-bond donors (Lipinski definition) is 2. The average Bonchev–Trinajstić information content (AvgIpc) is 2.84. The minimum absolute atomic E-state index is 0.427. The second-order valence-corrected chi connectivity index (χ2v) is 4.44. The summed E-state index contributed by atoms with van der Waals surface area (Å²) >= 11 is 0. The van der Waals surface area contributed by atoms with Gasteiger partial charge in [0, 0.05) is 18.6 Å². The molecule has 0 saturated carbocycles. The maximum Gasteiger partial charge on any atom is 0.162 e. The smallest absolute Gasteiger partial charge is 0.162 e. The number of tetrazole rings is 1. The van der Waals surface area contributed by atoms with Crippen molar-refractivity contribution in [3.8, 4) is 0 Å². The first-order valence-electron chi connectivity index (χ1n) is 6.16. The van der Waals surface area contributed by atoms with E-state index in [1.807, 2.05) is 0 Å². The van der Waals surface area contributed by atoms with Gasteiger partial charge < -0.3 is 10.2 Å². The van der Waals surface area contributed by atoms with E-state index < -0.39 is 0 Å². The van der Waals surface area contributed by atoms with E-state index in [9.17, 15) is 0 Å². The molecule has 0 amide bonds. The zero-order chi connectivity index (χ0) is 11.9. The summed E-state index contributed by atoms with van der Waals surface area (Å²) in [5.41, 5.74) is 3.09. The van der Waals surface area contributed by atoms with Crippen molar-refractivity contribution >= 4 is 0 Å². The van der Waals surface area contributed by atoms with Crippen LogP contribution in [0.5, 0.6) is 0 Å². The first-order chi connectivity index (χ1) is 8.34. The first-order valence-corrected chi connectivity index (χ1v) is 6.16. The molecule has 96 valence electrons. The molecule has 7 heteroatoms. The molecule has 2 atom stereocenters. The molecule has 2 rings (SSSR count). The van der Waals surface area contributed by atoms with Crippen molar-refractivity contribution in [1.82, 2.24) is 31.0 Å². The molecule has 0 aliphatic carbocycles. The summed E-state index contributed by atoms with van der Waals surface area (Å²) in [7, 11) is 0. The first kappa shape index (κ1) is 12.4. The van der Waals surface area contributed by atoms with E-state index in [4.69, 9.17) is 4.84 Å². The highest BCUT2D eigenvalue weighted by atomic mass is 16.6. The Kier molecular flexibility index (Phi) is 4.84. The van der Waals surface area contributed by atoms with Gasteiger partial charge in [-0.1, -0.05) is 0 Å². The van der Waals surface area contributed by atoms with Crippen LogP contribution in [0, 0.1) is 0 Å². The van der Waals surface area contributed by atoms with Crippen LogP contribution in [0.25, 0.3) is 0 Å². The van der Waals surface area contributed by atoms with Crippen LogP contribution >= 0.6 is 0 Å². The Morgan fingerprint density at radius 2 is 2.47 bits per heavy atom. The maximum absolute atomic E-state index is 5.43. The van der Waals surface area contributed by atoms with Crippen molar-refractivity contribution in [2.45, 2.75) is 44.8 Å². The number of aryl methyl sites for hydroxylation is 1. The normalized spacial score (nSPS) is 25.0. The summed E-state index contributed by atoms with van der Waals surface area (Å²) in [4.78, 5) is 6.99. The Morgan fingerprint density at radius 3 is 3.18 bits per heavy atom. The lowest BCUT2D eigenvalue weighted by Gasteiger charge is -2.27. The molecule has 1 aromatic heterocycles. The van der Waals surface area contributed by atoms with Gasteiger partial charge >= 0.3 is 0 Å². The monoisotopic (exact) mass is 240 g/mol. The van der Waals surface area contributed by atoms with Crippen LogP contribution in [0.3, 0.4) is 0 Å². The summed E-state index contributed by atoms with van der Waals surface area (Å²) in [5.74, 6) is 0. The number of hydrogen-bond acceptors (Lipinski definition) is 6. The molecule has 1 saturated heterocycles. The molecule has 1 aromatic rings. The zero-order valence-corrected chi connectivity index (χ0v) is 10.2. The topological polar surface area (TPSA) is 76.9 Å². The molecule has 0 radical (unpaired) electrons. The number of piperidine rings is 1. The van der Waals surface area contributed by atoms with Crippen LogP contribution in [-0.2, 0) is 11.4 Å². The standard InChI is InChI=1S/C10H20N6O/c1-9-3-4-10(7-11-9)14-17-6-2-5-16-13-8-12-15-16/h8-11,14H,2-7H2,1H3/t9-,10-/m1/s1. The van der Waals surface area contributed by atoms with E-state index in [0.717, 1.165) is 19.5 Å². The fourth-order valence-electron chi connectivity index (χ4n) is 1.85. The molecule has 2 heterocycles. The lowest BCUT2D eigenvalue weighted by atomic mass is 10.0. The van der Waals surface area contributed by atoms with Crippen molar-refractivity contribution in [1.29, 1.82) is 0 Å². The van der Waals surface area contributed by atoms with Crippen LogP contribution < -0.4 is 10.8 Å². The summed E-state index contributed by atoms with van der Waals surface area (Å²) < 4.78 is 0. The lowest BCUT2D eigenvalue weighted by Crippen LogP contribution is -2.46. The molecule has 0 bridgehead atoms. The minimum Gasteiger partial charge on any atom is -0.313 e. The average molecular weight is 240 g/mol. The van der Waals surface area contributed by atoms with E-state index in [1.54, 1.807) is 4.80 Å². The highest BCUT2D eigenvalue weighted by Crippen LogP contribution is 2.07. The SMILES string of the molecule is C[C@@H]1CC[C@@H](NOCCCn2ncnn2)CN1. The van der Waals surface area contributed by atoms with Crippen LogP contribution in [0.15, 0.2) is 6.33 Å². The third kappa shape index (κ3) is 4.37. The van der Waals surface area contributed by atoms with Crippen molar-refractivity contribution in [3.05, 3.63) is 6.33 Å². The minimum atomic E-state index is 0.427. The molecule has 7 nitrogen and oxygen atoms in total. The molecule has 1 aliphatic rings. The van der Waals surface area contributed by atoms with Crippen molar-refractivity contribution in [2.24, 2.45) is 0 Å². The Labute approximate surface area is 101 Å². The summed E-state index contributed by atoms with van der Waals surface area (Å²) in [6, 6.07) is 1.06. The fourth-order valence-corrected chi connectivity index (χ4v) is 1.85. The van der Waals surface area contributed by atoms with Crippen LogP contribution in [0.1, 0.15) is 26.2 Å². The Balaban J connectivity index is 1.49. The third-order valence-electron chi connectivity index (χ3n) is 2.91. The summed E-state index contributed by atoms with van der Waals surface area (Å²) in [5, 5.41) is 14.8. The van der Waals surface area contributed by atoms with Crippen LogP contribution in [-0.4, -0.2) is 45.4 Å². The zero-order valence-electron chi connectivity index (χ0n) is 10.2. The van der Waals surface area contributed by atoms with Crippen molar-refractivity contribution in [2.75, 3.05) is 13.2 Å². The summed E-state index contributed by atoms with van der Waals surface area (Å²) in [6.45, 7) is 4.59. The fraction of sp³-hybridized carbons (Fsp3) is 0.900. The van der Waals surface area contributed by atoms with Gasteiger partial charge in [-0.3, -0.25) is 0 Å². The van der Waals surface area contributed by atoms with Gasteiger partial charge in [0.25, 0.3) is 0 Å². The second kappa shape index (κ2) is 6.63. The lowest BCUT2D eigenvalue weighted by molar-refractivity contribution is 0.00510. The third-order valence-corrected chi connectivity index (χ3v) is 2.91. The molecular formula is C10H20N6O.